The van der Waals surface area contributed by atoms with Crippen molar-refractivity contribution >= 4 is 6.08 Å². The number of halogens is 3. The van der Waals surface area contributed by atoms with Crippen LogP contribution >= 0.6 is 0 Å². The fourth-order valence-electron chi connectivity index (χ4n) is 4.11. The first-order valence-electron chi connectivity index (χ1n) is 8.04. The maximum atomic E-state index is 2.44. The number of benzene rings is 3. The normalized spacial score (nSPS) is 16.2. The van der Waals surface area contributed by atoms with Gasteiger partial charge in [-0.05, 0) is 0 Å². The third kappa shape index (κ3) is 3.32. The van der Waals surface area contributed by atoms with Crippen molar-refractivity contribution in [2.75, 3.05) is 0 Å². The summed E-state index contributed by atoms with van der Waals surface area (Å²) in [5.41, 5.74) is 10.2. The molecule has 0 fully saturated rings. The van der Waals surface area contributed by atoms with Crippen LogP contribution in [0.1, 0.15) is 31.8 Å². The van der Waals surface area contributed by atoms with Crippen molar-refractivity contribution < 1.29 is 75.7 Å². The molecule has 3 aromatic carbocycles. The first-order chi connectivity index (χ1) is 11.3. The molecule has 0 aromatic heterocycles. The summed E-state index contributed by atoms with van der Waals surface area (Å²) in [6.45, 7) is 0. The van der Waals surface area contributed by atoms with E-state index >= 15 is 0 Å². The van der Waals surface area contributed by atoms with Crippen molar-refractivity contribution in [1.29, 1.82) is 0 Å². The number of fused-ring (bicyclic) bond motifs is 4. The van der Waals surface area contributed by atoms with Crippen molar-refractivity contribution in [3.8, 4) is 11.1 Å². The van der Waals surface area contributed by atoms with E-state index in [9.17, 15) is 0 Å². The van der Waals surface area contributed by atoms with Gasteiger partial charge in [0, 0.05) is 0 Å². The first kappa shape index (κ1) is 22.0. The molecule has 1 unspecified atom stereocenters. The molecule has 0 heterocycles. The molecule has 0 saturated heterocycles. The van der Waals surface area contributed by atoms with Crippen LogP contribution in [0.25, 0.3) is 17.2 Å². The average Bonchev–Trinajstić information content (AvgIpc) is 3.11. The zero-order chi connectivity index (χ0) is 15.4. The maximum absolute atomic E-state index is 2.44. The van der Waals surface area contributed by atoms with Gasteiger partial charge >= 0.3 is 152 Å². The van der Waals surface area contributed by atoms with Gasteiger partial charge in [-0.15, -0.1) is 0 Å². The molecule has 0 spiro atoms. The van der Waals surface area contributed by atoms with Crippen molar-refractivity contribution in [1.82, 2.24) is 0 Å². The summed E-state index contributed by atoms with van der Waals surface area (Å²) in [5, 5.41) is 0. The van der Waals surface area contributed by atoms with Crippen LogP contribution in [0, 0.1) is 0 Å². The third-order valence-electron chi connectivity index (χ3n) is 5.13. The van der Waals surface area contributed by atoms with Gasteiger partial charge in [0.1, 0.15) is 0 Å². The minimum atomic E-state index is 0. The molecular formula is C22H15Br3Zr. The van der Waals surface area contributed by atoms with Gasteiger partial charge in [0.25, 0.3) is 0 Å². The Kier molecular flexibility index (Phi) is 7.47. The van der Waals surface area contributed by atoms with Gasteiger partial charge < -0.3 is 50.9 Å². The molecule has 0 N–H and O–H groups in total. The molecule has 3 aromatic rings. The number of rotatable bonds is 1. The molecule has 2 aliphatic carbocycles. The van der Waals surface area contributed by atoms with E-state index in [0.717, 1.165) is 0 Å². The van der Waals surface area contributed by atoms with Crippen LogP contribution < -0.4 is 50.9 Å². The monoisotopic (exact) mass is 606 g/mol. The molecular weight excluding hydrogens is 595 g/mol. The molecule has 5 rings (SSSR count). The van der Waals surface area contributed by atoms with Gasteiger partial charge in [0.05, 0.1) is 0 Å². The fraction of sp³-hybridized carbons (Fsp3) is 0.0909. The van der Waals surface area contributed by atoms with Crippen LogP contribution in [0.15, 0.2) is 78.4 Å². The van der Waals surface area contributed by atoms with E-state index in [4.69, 9.17) is 0 Å². The van der Waals surface area contributed by atoms with Crippen LogP contribution in [0.5, 0.6) is 0 Å². The van der Waals surface area contributed by atoms with Crippen molar-refractivity contribution in [2.45, 2.75) is 9.54 Å². The van der Waals surface area contributed by atoms with Gasteiger partial charge in [0.15, 0.2) is 0 Å². The summed E-state index contributed by atoms with van der Waals surface area (Å²) in [6, 6.07) is 26.7. The first-order valence-corrected chi connectivity index (χ1v) is 9.46. The van der Waals surface area contributed by atoms with Crippen LogP contribution in [0.2, 0.25) is 0 Å². The molecule has 4 heteroatoms. The fourth-order valence-corrected chi connectivity index (χ4v) is 5.37. The molecule has 0 saturated carbocycles. The predicted molar refractivity (Wildman–Crippen MR) is 90.9 cm³/mol. The Morgan fingerprint density at radius 2 is 1.04 bits per heavy atom. The van der Waals surface area contributed by atoms with Crippen LogP contribution in [-0.4, -0.2) is 0 Å². The van der Waals surface area contributed by atoms with E-state index in [-0.39, 0.29) is 50.9 Å². The Labute approximate surface area is 201 Å². The quantitative estimate of drug-likeness (QED) is 0.269. The standard InChI is InChI=1S/C22H15.3BrH.Zr/c1-2-8-16-14-17(13-15(16)7-1)22-20-11-5-3-9-18(20)19-10-4-6-12-21(19)22;;;;/h1-14,22H;3*1H;/q;;;;+3/p-3. The average molecular weight is 610 g/mol. The topological polar surface area (TPSA) is 0 Å². The van der Waals surface area contributed by atoms with E-state index < -0.39 is 0 Å². The molecule has 0 aliphatic heterocycles. The molecule has 1 atom stereocenters. The van der Waals surface area contributed by atoms with E-state index in [0.29, 0.717) is 9.54 Å². The van der Waals surface area contributed by atoms with E-state index in [2.05, 4.69) is 78.9 Å². The summed E-state index contributed by atoms with van der Waals surface area (Å²) >= 11 is 1.58. The second kappa shape index (κ2) is 8.82. The summed E-state index contributed by atoms with van der Waals surface area (Å²) in [6.07, 6.45) is 2.44. The SMILES string of the molecule is [Br-].[Br-].[Br-].[Zr+3][CH]1C(C2c3ccccc3-c3ccccc32)=Cc2ccccc21. The molecule has 128 valence electrons. The van der Waals surface area contributed by atoms with Crippen LogP contribution in [0.3, 0.4) is 0 Å². The third-order valence-corrected chi connectivity index (χ3v) is 6.71. The van der Waals surface area contributed by atoms with E-state index in [1.165, 1.54) is 33.4 Å². The van der Waals surface area contributed by atoms with Crippen LogP contribution in [-0.2, 0) is 24.7 Å². The van der Waals surface area contributed by atoms with E-state index in [1.807, 2.05) is 0 Å². The van der Waals surface area contributed by atoms with Crippen molar-refractivity contribution in [3.05, 3.63) is 101 Å². The predicted octanol–water partition coefficient (Wildman–Crippen LogP) is -3.50. The van der Waals surface area contributed by atoms with Gasteiger partial charge in [-0.1, -0.05) is 0 Å². The second-order valence-electron chi connectivity index (χ2n) is 6.31. The number of hydrogen-bond acceptors (Lipinski definition) is 0. The van der Waals surface area contributed by atoms with E-state index in [1.54, 1.807) is 30.3 Å². The zero-order valence-electron chi connectivity index (χ0n) is 13.8. The minimum absolute atomic E-state index is 0. The molecule has 26 heavy (non-hydrogen) atoms. The Bertz CT molecular complexity index is 919. The van der Waals surface area contributed by atoms with Gasteiger partial charge in [-0.25, -0.2) is 0 Å². The van der Waals surface area contributed by atoms with Crippen molar-refractivity contribution in [3.63, 3.8) is 0 Å². The van der Waals surface area contributed by atoms with Crippen molar-refractivity contribution in [2.24, 2.45) is 0 Å². The Morgan fingerprint density at radius 1 is 0.577 bits per heavy atom. The molecule has 0 radical (unpaired) electrons. The summed E-state index contributed by atoms with van der Waals surface area (Å²) < 4.78 is 0.572. The number of hydrogen-bond donors (Lipinski definition) is 0. The van der Waals surface area contributed by atoms with Gasteiger partial charge in [-0.3, -0.25) is 0 Å². The summed E-state index contributed by atoms with van der Waals surface area (Å²) in [5.74, 6) is 0.416. The Morgan fingerprint density at radius 3 is 1.58 bits per heavy atom. The Balaban J connectivity index is 0.000000810. The Hall–Kier alpha value is -0.277. The summed E-state index contributed by atoms with van der Waals surface area (Å²) in [7, 11) is 0. The number of allylic oxidation sites excluding steroid dienone is 1. The van der Waals surface area contributed by atoms with Gasteiger partial charge in [-0.2, -0.15) is 0 Å². The van der Waals surface area contributed by atoms with Gasteiger partial charge in [0.2, 0.25) is 0 Å². The second-order valence-corrected chi connectivity index (χ2v) is 7.73. The van der Waals surface area contributed by atoms with Crippen LogP contribution in [0.4, 0.5) is 0 Å². The zero-order valence-corrected chi connectivity index (χ0v) is 21.0. The molecule has 2 aliphatic rings. The summed E-state index contributed by atoms with van der Waals surface area (Å²) in [4.78, 5) is 0. The molecule has 0 bridgehead atoms. The molecule has 0 amide bonds. The molecule has 0 nitrogen and oxygen atoms in total.